The van der Waals surface area contributed by atoms with Crippen LogP contribution in [-0.2, 0) is 24.8 Å². The Kier molecular flexibility index (Phi) is 4.88. The molecule has 6 nitrogen and oxygen atoms in total. The van der Waals surface area contributed by atoms with E-state index in [1.165, 1.54) is 0 Å². The molecule has 0 unspecified atom stereocenters. The highest BCUT2D eigenvalue weighted by atomic mass is 16.5. The number of carboxylic acids is 1. The van der Waals surface area contributed by atoms with E-state index in [4.69, 9.17) is 9.84 Å². The van der Waals surface area contributed by atoms with Crippen LogP contribution in [0.3, 0.4) is 0 Å². The summed E-state index contributed by atoms with van der Waals surface area (Å²) in [6.07, 6.45) is 0.594. The first-order chi connectivity index (χ1) is 12.1. The number of hydrogen-bond acceptors (Lipinski definition) is 4. The predicted octanol–water partition coefficient (Wildman–Crippen LogP) is 3.21. The number of carbonyl (C=O) groups is 1. The van der Waals surface area contributed by atoms with Crippen LogP contribution in [0.5, 0.6) is 5.75 Å². The summed E-state index contributed by atoms with van der Waals surface area (Å²) in [5.41, 5.74) is 3.83. The lowest BCUT2D eigenvalue weighted by Gasteiger charge is -2.12. The van der Waals surface area contributed by atoms with Crippen molar-refractivity contribution >= 4 is 22.6 Å². The van der Waals surface area contributed by atoms with Gasteiger partial charge in [0.15, 0.2) is 0 Å². The SMILES string of the molecule is COc1ccc(CCC(=O)O)cc1NCc1nn(C)c2ccccc12. The highest BCUT2D eigenvalue weighted by Crippen LogP contribution is 2.27. The zero-order valence-corrected chi connectivity index (χ0v) is 14.3. The van der Waals surface area contributed by atoms with E-state index < -0.39 is 5.97 Å². The van der Waals surface area contributed by atoms with Gasteiger partial charge in [0.05, 0.1) is 30.6 Å². The van der Waals surface area contributed by atoms with Gasteiger partial charge in [-0.1, -0.05) is 24.3 Å². The Morgan fingerprint density at radius 3 is 2.84 bits per heavy atom. The Balaban J connectivity index is 1.81. The Labute approximate surface area is 146 Å². The number of carboxylic acid groups (broad SMARTS) is 1. The van der Waals surface area contributed by atoms with E-state index >= 15 is 0 Å². The largest absolute Gasteiger partial charge is 0.495 e. The number of aliphatic carboxylic acids is 1. The third-order valence-corrected chi connectivity index (χ3v) is 4.17. The van der Waals surface area contributed by atoms with Gasteiger partial charge in [0.2, 0.25) is 0 Å². The Bertz CT molecular complexity index is 902. The fourth-order valence-electron chi connectivity index (χ4n) is 2.90. The van der Waals surface area contributed by atoms with Gasteiger partial charge in [0, 0.05) is 18.9 Å². The second-order valence-corrected chi connectivity index (χ2v) is 5.87. The molecule has 0 atom stereocenters. The minimum atomic E-state index is -0.801. The molecule has 2 aromatic carbocycles. The third kappa shape index (κ3) is 3.74. The molecule has 0 spiro atoms. The molecule has 0 fully saturated rings. The molecular weight excluding hydrogens is 318 g/mol. The first kappa shape index (κ1) is 16.8. The maximum atomic E-state index is 10.8. The summed E-state index contributed by atoms with van der Waals surface area (Å²) in [6.45, 7) is 0.556. The van der Waals surface area contributed by atoms with Crippen LogP contribution in [0.15, 0.2) is 42.5 Å². The smallest absolute Gasteiger partial charge is 0.303 e. The molecule has 6 heteroatoms. The molecule has 0 amide bonds. The molecule has 1 heterocycles. The van der Waals surface area contributed by atoms with Gasteiger partial charge in [-0.2, -0.15) is 5.10 Å². The number of ether oxygens (including phenoxy) is 1. The number of nitrogens with zero attached hydrogens (tertiary/aromatic N) is 2. The predicted molar refractivity (Wildman–Crippen MR) is 97.0 cm³/mol. The van der Waals surface area contributed by atoms with Gasteiger partial charge in [0.1, 0.15) is 5.75 Å². The molecule has 0 saturated heterocycles. The summed E-state index contributed by atoms with van der Waals surface area (Å²) in [5, 5.41) is 17.9. The van der Waals surface area contributed by atoms with Crippen LogP contribution in [0.25, 0.3) is 10.9 Å². The van der Waals surface area contributed by atoms with Crippen LogP contribution in [0, 0.1) is 0 Å². The molecule has 3 rings (SSSR count). The van der Waals surface area contributed by atoms with E-state index in [-0.39, 0.29) is 6.42 Å². The molecule has 2 N–H and O–H groups in total. The van der Waals surface area contributed by atoms with Crippen LogP contribution in [0.4, 0.5) is 5.69 Å². The fourth-order valence-corrected chi connectivity index (χ4v) is 2.90. The Hall–Kier alpha value is -3.02. The molecule has 0 aliphatic carbocycles. The molecular formula is C19H21N3O3. The number of hydrogen-bond donors (Lipinski definition) is 2. The second-order valence-electron chi connectivity index (χ2n) is 5.87. The number of nitrogens with one attached hydrogen (secondary N) is 1. The number of para-hydroxylation sites is 1. The third-order valence-electron chi connectivity index (χ3n) is 4.17. The number of aromatic nitrogens is 2. The molecule has 0 bridgehead atoms. The molecule has 130 valence electrons. The van der Waals surface area contributed by atoms with Gasteiger partial charge in [0.25, 0.3) is 0 Å². The minimum absolute atomic E-state index is 0.108. The van der Waals surface area contributed by atoms with Gasteiger partial charge in [-0.25, -0.2) is 0 Å². The van der Waals surface area contributed by atoms with Gasteiger partial charge < -0.3 is 15.2 Å². The van der Waals surface area contributed by atoms with Crippen LogP contribution >= 0.6 is 0 Å². The van der Waals surface area contributed by atoms with Crippen LogP contribution in [-0.4, -0.2) is 28.0 Å². The zero-order valence-electron chi connectivity index (χ0n) is 14.3. The van der Waals surface area contributed by atoms with E-state index in [0.29, 0.717) is 13.0 Å². The van der Waals surface area contributed by atoms with E-state index in [2.05, 4.69) is 16.5 Å². The minimum Gasteiger partial charge on any atom is -0.495 e. The van der Waals surface area contributed by atoms with E-state index in [9.17, 15) is 4.79 Å². The molecule has 0 radical (unpaired) electrons. The zero-order chi connectivity index (χ0) is 17.8. The summed E-state index contributed by atoms with van der Waals surface area (Å²) in [4.78, 5) is 10.8. The summed E-state index contributed by atoms with van der Waals surface area (Å²) in [5.74, 6) is -0.0791. The lowest BCUT2D eigenvalue weighted by Crippen LogP contribution is -2.04. The van der Waals surface area contributed by atoms with E-state index in [1.54, 1.807) is 7.11 Å². The average molecular weight is 339 g/mol. The van der Waals surface area contributed by atoms with Crippen molar-refractivity contribution in [3.05, 3.63) is 53.7 Å². The normalized spacial score (nSPS) is 10.8. The van der Waals surface area contributed by atoms with Crippen molar-refractivity contribution in [2.24, 2.45) is 7.05 Å². The molecule has 0 aliphatic heterocycles. The summed E-state index contributed by atoms with van der Waals surface area (Å²) in [6, 6.07) is 13.8. The number of fused-ring (bicyclic) bond motifs is 1. The highest BCUT2D eigenvalue weighted by Gasteiger charge is 2.10. The van der Waals surface area contributed by atoms with Crippen LogP contribution in [0.1, 0.15) is 17.7 Å². The van der Waals surface area contributed by atoms with Crippen molar-refractivity contribution < 1.29 is 14.6 Å². The van der Waals surface area contributed by atoms with Crippen molar-refractivity contribution in [3.8, 4) is 5.75 Å². The molecule has 0 aliphatic rings. The summed E-state index contributed by atoms with van der Waals surface area (Å²) < 4.78 is 7.27. The molecule has 1 aromatic heterocycles. The molecule has 0 saturated carbocycles. The van der Waals surface area contributed by atoms with Crippen molar-refractivity contribution in [2.45, 2.75) is 19.4 Å². The topological polar surface area (TPSA) is 76.4 Å². The average Bonchev–Trinajstić information content (AvgIpc) is 2.94. The monoisotopic (exact) mass is 339 g/mol. The summed E-state index contributed by atoms with van der Waals surface area (Å²) >= 11 is 0. The van der Waals surface area contributed by atoms with Crippen LogP contribution in [0.2, 0.25) is 0 Å². The van der Waals surface area contributed by atoms with E-state index in [1.807, 2.05) is 48.1 Å². The summed E-state index contributed by atoms with van der Waals surface area (Å²) in [7, 11) is 3.55. The lowest BCUT2D eigenvalue weighted by molar-refractivity contribution is -0.136. The van der Waals surface area contributed by atoms with Crippen molar-refractivity contribution in [1.29, 1.82) is 0 Å². The van der Waals surface area contributed by atoms with Gasteiger partial charge in [-0.15, -0.1) is 0 Å². The van der Waals surface area contributed by atoms with Crippen molar-refractivity contribution in [3.63, 3.8) is 0 Å². The molecule has 3 aromatic rings. The lowest BCUT2D eigenvalue weighted by atomic mass is 10.1. The number of anilines is 1. The highest BCUT2D eigenvalue weighted by molar-refractivity contribution is 5.82. The maximum absolute atomic E-state index is 10.8. The van der Waals surface area contributed by atoms with E-state index in [0.717, 1.165) is 33.6 Å². The van der Waals surface area contributed by atoms with Crippen molar-refractivity contribution in [2.75, 3.05) is 12.4 Å². The fraction of sp³-hybridized carbons (Fsp3) is 0.263. The number of aryl methyl sites for hydroxylation is 2. The molecule has 25 heavy (non-hydrogen) atoms. The standard InChI is InChI=1S/C19H21N3O3/c1-22-17-6-4-3-5-14(17)16(21-22)12-20-15-11-13(8-10-19(23)24)7-9-18(15)25-2/h3-7,9,11,20H,8,10,12H2,1-2H3,(H,23,24). The van der Waals surface area contributed by atoms with Crippen LogP contribution < -0.4 is 10.1 Å². The second kappa shape index (κ2) is 7.25. The number of benzene rings is 2. The Morgan fingerprint density at radius 2 is 2.08 bits per heavy atom. The maximum Gasteiger partial charge on any atom is 0.303 e. The van der Waals surface area contributed by atoms with Gasteiger partial charge >= 0.3 is 5.97 Å². The first-order valence-electron chi connectivity index (χ1n) is 8.11. The number of methoxy groups -OCH3 is 1. The first-order valence-corrected chi connectivity index (χ1v) is 8.11. The van der Waals surface area contributed by atoms with Gasteiger partial charge in [-0.05, 0) is 30.2 Å². The van der Waals surface area contributed by atoms with Gasteiger partial charge in [-0.3, -0.25) is 9.48 Å². The number of rotatable bonds is 7. The quantitative estimate of drug-likeness (QED) is 0.691. The van der Waals surface area contributed by atoms with Crippen molar-refractivity contribution in [1.82, 2.24) is 9.78 Å². The Morgan fingerprint density at radius 1 is 1.28 bits per heavy atom.